The fourth-order valence-corrected chi connectivity index (χ4v) is 3.14. The monoisotopic (exact) mass is 417 g/mol. The first-order valence-electron chi connectivity index (χ1n) is 11.2. The van der Waals surface area contributed by atoms with E-state index in [1.54, 1.807) is 0 Å². The maximum Gasteiger partial charge on any atom is 0.246 e. The van der Waals surface area contributed by atoms with E-state index in [9.17, 15) is 4.79 Å². The summed E-state index contributed by atoms with van der Waals surface area (Å²) in [5, 5.41) is 3.05. The molecule has 0 aromatic rings. The van der Waals surface area contributed by atoms with Gasteiger partial charge < -0.3 is 29.0 Å². The van der Waals surface area contributed by atoms with Crippen LogP contribution < -0.4 is 5.32 Å². The molecule has 0 aliphatic heterocycles. The van der Waals surface area contributed by atoms with Gasteiger partial charge in [0, 0.05) is 12.6 Å². The molecule has 1 rings (SSSR count). The molecule has 0 unspecified atom stereocenters. The molecule has 0 heterocycles. The summed E-state index contributed by atoms with van der Waals surface area (Å²) >= 11 is 0. The van der Waals surface area contributed by atoms with Crippen molar-refractivity contribution in [2.45, 2.75) is 78.0 Å². The number of ether oxygens (including phenoxy) is 5. The van der Waals surface area contributed by atoms with Crippen molar-refractivity contribution in [2.24, 2.45) is 5.92 Å². The Balaban J connectivity index is 1.84. The Morgan fingerprint density at radius 3 is 1.83 bits per heavy atom. The van der Waals surface area contributed by atoms with Gasteiger partial charge in [-0.3, -0.25) is 4.79 Å². The normalized spacial score (nSPS) is 19.8. The molecule has 1 saturated carbocycles. The Morgan fingerprint density at radius 1 is 0.793 bits per heavy atom. The number of rotatable bonds is 17. The fraction of sp³-hybridized carbons (Fsp3) is 0.955. The Labute approximate surface area is 177 Å². The van der Waals surface area contributed by atoms with Gasteiger partial charge in [0.15, 0.2) is 0 Å². The van der Waals surface area contributed by atoms with E-state index in [0.29, 0.717) is 51.7 Å². The molecule has 1 aliphatic carbocycles. The van der Waals surface area contributed by atoms with Crippen LogP contribution in [-0.2, 0) is 28.5 Å². The van der Waals surface area contributed by atoms with Crippen LogP contribution in [0.2, 0.25) is 0 Å². The summed E-state index contributed by atoms with van der Waals surface area (Å²) in [5.74, 6) is 0.612. The van der Waals surface area contributed by atoms with E-state index >= 15 is 0 Å². The van der Waals surface area contributed by atoms with E-state index in [-0.39, 0.29) is 24.7 Å². The highest BCUT2D eigenvalue weighted by Gasteiger charge is 2.23. The minimum atomic E-state index is -0.0565. The van der Waals surface area contributed by atoms with Gasteiger partial charge in [-0.2, -0.15) is 0 Å². The van der Waals surface area contributed by atoms with Crippen LogP contribution in [0.15, 0.2) is 0 Å². The average Bonchev–Trinajstić information content (AvgIpc) is 2.66. The van der Waals surface area contributed by atoms with E-state index in [1.807, 2.05) is 0 Å². The molecule has 0 aromatic heterocycles. The summed E-state index contributed by atoms with van der Waals surface area (Å²) in [6, 6.07) is 0.237. The van der Waals surface area contributed by atoms with Gasteiger partial charge in [0.1, 0.15) is 6.61 Å². The summed E-state index contributed by atoms with van der Waals surface area (Å²) in [6.45, 7) is 12.5. The van der Waals surface area contributed by atoms with Gasteiger partial charge in [0.05, 0.1) is 51.8 Å². The van der Waals surface area contributed by atoms with Crippen LogP contribution in [0.25, 0.3) is 0 Å². The van der Waals surface area contributed by atoms with Gasteiger partial charge in [0.25, 0.3) is 0 Å². The zero-order chi connectivity index (χ0) is 21.3. The minimum absolute atomic E-state index is 0.0565. The largest absolute Gasteiger partial charge is 0.379 e. The Kier molecular flexibility index (Phi) is 15.4. The zero-order valence-electron chi connectivity index (χ0n) is 19.0. The lowest BCUT2D eigenvalue weighted by Gasteiger charge is -2.30. The Hall–Kier alpha value is -0.730. The van der Waals surface area contributed by atoms with Gasteiger partial charge >= 0.3 is 0 Å². The van der Waals surface area contributed by atoms with E-state index in [1.165, 1.54) is 0 Å². The third-order valence-corrected chi connectivity index (χ3v) is 4.69. The highest BCUT2D eigenvalue weighted by atomic mass is 16.6. The smallest absolute Gasteiger partial charge is 0.246 e. The van der Waals surface area contributed by atoms with E-state index in [2.05, 4.69) is 33.0 Å². The summed E-state index contributed by atoms with van der Waals surface area (Å²) in [6.07, 6.45) is 5.62. The third-order valence-electron chi connectivity index (χ3n) is 4.69. The van der Waals surface area contributed by atoms with E-state index in [4.69, 9.17) is 23.7 Å². The summed E-state index contributed by atoms with van der Waals surface area (Å²) in [4.78, 5) is 11.9. The molecule has 1 aliphatic rings. The maximum absolute atomic E-state index is 11.9. The lowest BCUT2D eigenvalue weighted by Crippen LogP contribution is -2.41. The van der Waals surface area contributed by atoms with Gasteiger partial charge in [-0.1, -0.05) is 13.8 Å². The van der Waals surface area contributed by atoms with E-state index < -0.39 is 0 Å². The van der Waals surface area contributed by atoms with Crippen LogP contribution in [-0.4, -0.2) is 77.0 Å². The second kappa shape index (κ2) is 17.0. The van der Waals surface area contributed by atoms with Gasteiger partial charge in [-0.05, 0) is 51.9 Å². The number of carbonyl (C=O) groups is 1. The maximum atomic E-state index is 11.9. The number of nitrogens with one attached hydrogen (secondary N) is 1. The van der Waals surface area contributed by atoms with Crippen molar-refractivity contribution >= 4 is 5.91 Å². The molecule has 0 aromatic carbocycles. The van der Waals surface area contributed by atoms with Gasteiger partial charge in [0.2, 0.25) is 5.91 Å². The van der Waals surface area contributed by atoms with Crippen molar-refractivity contribution < 1.29 is 28.5 Å². The highest BCUT2D eigenvalue weighted by molar-refractivity contribution is 5.77. The van der Waals surface area contributed by atoms with Gasteiger partial charge in [-0.25, -0.2) is 0 Å². The first-order valence-corrected chi connectivity index (χ1v) is 11.2. The summed E-state index contributed by atoms with van der Waals surface area (Å²) in [7, 11) is 0. The Morgan fingerprint density at radius 2 is 1.31 bits per heavy atom. The molecule has 7 heteroatoms. The first-order chi connectivity index (χ1) is 14.0. The molecular weight excluding hydrogens is 374 g/mol. The standard InChI is InChI=1S/C22H43NO6/c1-18(2)9-10-25-11-12-26-13-14-27-15-16-28-17-22(24)23-20-5-7-21(8-6-20)29-19(3)4/h18-21H,5-17H2,1-4H3,(H,23,24). The average molecular weight is 418 g/mol. The van der Waals surface area contributed by atoms with Crippen molar-refractivity contribution in [3.8, 4) is 0 Å². The second-order valence-corrected chi connectivity index (χ2v) is 8.30. The number of carbonyl (C=O) groups excluding carboxylic acids is 1. The first kappa shape index (κ1) is 26.3. The van der Waals surface area contributed by atoms with Crippen molar-refractivity contribution in [1.29, 1.82) is 0 Å². The topological polar surface area (TPSA) is 75.2 Å². The number of amides is 1. The van der Waals surface area contributed by atoms with Crippen molar-refractivity contribution in [3.63, 3.8) is 0 Å². The van der Waals surface area contributed by atoms with Crippen LogP contribution >= 0.6 is 0 Å². The lowest BCUT2D eigenvalue weighted by molar-refractivity contribution is -0.127. The summed E-state index contributed by atoms with van der Waals surface area (Å²) in [5.41, 5.74) is 0. The van der Waals surface area contributed by atoms with Crippen molar-refractivity contribution in [2.75, 3.05) is 52.9 Å². The molecule has 1 amide bonds. The fourth-order valence-electron chi connectivity index (χ4n) is 3.14. The number of hydrogen-bond donors (Lipinski definition) is 1. The molecule has 7 nitrogen and oxygen atoms in total. The quantitative estimate of drug-likeness (QED) is 0.367. The van der Waals surface area contributed by atoms with Crippen LogP contribution in [0.4, 0.5) is 0 Å². The molecule has 0 saturated heterocycles. The van der Waals surface area contributed by atoms with Crippen LogP contribution in [0.3, 0.4) is 0 Å². The minimum Gasteiger partial charge on any atom is -0.379 e. The molecule has 0 spiro atoms. The molecule has 0 bridgehead atoms. The third kappa shape index (κ3) is 15.7. The molecular formula is C22H43NO6. The van der Waals surface area contributed by atoms with Crippen LogP contribution in [0.1, 0.15) is 59.8 Å². The van der Waals surface area contributed by atoms with Crippen molar-refractivity contribution in [1.82, 2.24) is 5.32 Å². The van der Waals surface area contributed by atoms with Crippen LogP contribution in [0.5, 0.6) is 0 Å². The lowest BCUT2D eigenvalue weighted by atomic mass is 9.93. The second-order valence-electron chi connectivity index (χ2n) is 8.30. The van der Waals surface area contributed by atoms with E-state index in [0.717, 1.165) is 38.7 Å². The number of hydrogen-bond acceptors (Lipinski definition) is 6. The predicted molar refractivity (Wildman–Crippen MR) is 113 cm³/mol. The molecule has 29 heavy (non-hydrogen) atoms. The SMILES string of the molecule is CC(C)CCOCCOCCOCCOCC(=O)NC1CCC(OC(C)C)CC1. The van der Waals surface area contributed by atoms with Gasteiger partial charge in [-0.15, -0.1) is 0 Å². The molecule has 0 atom stereocenters. The molecule has 1 N–H and O–H groups in total. The Bertz CT molecular complexity index is 397. The van der Waals surface area contributed by atoms with Crippen molar-refractivity contribution in [3.05, 3.63) is 0 Å². The predicted octanol–water partition coefficient (Wildman–Crippen LogP) is 2.95. The van der Waals surface area contributed by atoms with Crippen LogP contribution in [0, 0.1) is 5.92 Å². The molecule has 1 fully saturated rings. The molecule has 0 radical (unpaired) electrons. The zero-order valence-corrected chi connectivity index (χ0v) is 19.0. The molecule has 172 valence electrons. The summed E-state index contributed by atoms with van der Waals surface area (Å²) < 4.78 is 27.6. The highest BCUT2D eigenvalue weighted by Crippen LogP contribution is 2.22.